The number of carbonyl (C=O) groups is 2. The monoisotopic (exact) mass is 373 g/mol. The van der Waals surface area contributed by atoms with Crippen LogP contribution in [-0.4, -0.2) is 48.9 Å². The van der Waals surface area contributed by atoms with E-state index in [1.54, 1.807) is 6.07 Å². The first kappa shape index (κ1) is 18.4. The molecule has 0 saturated carbocycles. The van der Waals surface area contributed by atoms with Gasteiger partial charge in [0.1, 0.15) is 6.04 Å². The van der Waals surface area contributed by atoms with Gasteiger partial charge in [-0.2, -0.15) is 0 Å². The fourth-order valence-corrected chi connectivity index (χ4v) is 3.73. The van der Waals surface area contributed by atoms with Crippen molar-refractivity contribution in [1.82, 2.24) is 10.2 Å². The van der Waals surface area contributed by atoms with Gasteiger partial charge in [-0.05, 0) is 17.4 Å². The van der Waals surface area contributed by atoms with Crippen LogP contribution in [0, 0.1) is 5.92 Å². The van der Waals surface area contributed by atoms with Crippen LogP contribution in [-0.2, 0) is 4.79 Å². The van der Waals surface area contributed by atoms with Crippen LogP contribution in [0.3, 0.4) is 0 Å². The summed E-state index contributed by atoms with van der Waals surface area (Å²) in [4.78, 5) is 33.1. The number of H-pyrrole nitrogens is 1. The van der Waals surface area contributed by atoms with Gasteiger partial charge in [-0.1, -0.05) is 19.9 Å². The zero-order valence-electron chi connectivity index (χ0n) is 15.1. The highest BCUT2D eigenvalue weighted by atomic mass is 32.1. The van der Waals surface area contributed by atoms with E-state index in [0.29, 0.717) is 18.0 Å². The van der Waals surface area contributed by atoms with Gasteiger partial charge in [-0.3, -0.25) is 9.59 Å². The Morgan fingerprint density at radius 3 is 2.38 bits per heavy atom. The van der Waals surface area contributed by atoms with Crippen molar-refractivity contribution < 1.29 is 14.6 Å². The Hall–Kier alpha value is -2.41. The Morgan fingerprint density at radius 2 is 1.81 bits per heavy atom. The molecule has 0 spiro atoms. The van der Waals surface area contributed by atoms with Crippen LogP contribution in [0.25, 0.3) is 0 Å². The quantitative estimate of drug-likeness (QED) is 0.867. The third kappa shape index (κ3) is 4.22. The molecule has 6 nitrogen and oxygen atoms in total. The zero-order valence-corrected chi connectivity index (χ0v) is 16.0. The van der Waals surface area contributed by atoms with Crippen LogP contribution in [0.5, 0.6) is 0 Å². The van der Waals surface area contributed by atoms with Gasteiger partial charge < -0.3 is 15.1 Å². The van der Waals surface area contributed by atoms with Crippen LogP contribution in [0.2, 0.25) is 0 Å². The fourth-order valence-electron chi connectivity index (χ4n) is 3.10. The molecule has 3 rings (SSSR count). The Morgan fingerprint density at radius 1 is 1.12 bits per heavy atom. The lowest BCUT2D eigenvalue weighted by Gasteiger charge is -2.38. The molecule has 7 heteroatoms. The van der Waals surface area contributed by atoms with Gasteiger partial charge in [-0.15, -0.1) is 11.3 Å². The molecule has 2 aromatic rings. The molecular formula is C19H25N4O2S+. The summed E-state index contributed by atoms with van der Waals surface area (Å²) < 4.78 is 0. The molecular weight excluding hydrogens is 348 g/mol. The van der Waals surface area contributed by atoms with Gasteiger partial charge in [0.25, 0.3) is 5.91 Å². The first-order valence-electron chi connectivity index (χ1n) is 8.90. The molecule has 138 valence electrons. The molecule has 3 heterocycles. The summed E-state index contributed by atoms with van der Waals surface area (Å²) in [5.41, 5.74) is 1.15. The van der Waals surface area contributed by atoms with E-state index in [4.69, 9.17) is 0 Å². The number of pyridine rings is 1. The standard InChI is InChI=1S/C19H24N4O2S/c1-14(2)17(21-18(24)16-4-3-13-26-16)19(25)23-11-9-22(10-12-23)15-5-7-20-8-6-15/h3-8,13-14,17H,9-12H2,1-2H3,(H,21,24)/p+1/t17-/m0/s1. The molecule has 0 aliphatic carbocycles. The molecule has 1 saturated heterocycles. The van der Waals surface area contributed by atoms with Crippen molar-refractivity contribution in [3.05, 3.63) is 46.9 Å². The van der Waals surface area contributed by atoms with Crippen LogP contribution < -0.4 is 15.2 Å². The summed E-state index contributed by atoms with van der Waals surface area (Å²) in [7, 11) is 0. The molecule has 2 N–H and O–H groups in total. The maximum Gasteiger partial charge on any atom is 0.262 e. The van der Waals surface area contributed by atoms with Crippen molar-refractivity contribution in [1.29, 1.82) is 0 Å². The molecule has 1 fully saturated rings. The van der Waals surface area contributed by atoms with Crippen LogP contribution in [0.1, 0.15) is 23.5 Å². The van der Waals surface area contributed by atoms with Gasteiger partial charge in [-0.25, -0.2) is 4.98 Å². The Kier molecular flexibility index (Phi) is 5.88. The number of aromatic amines is 1. The first-order chi connectivity index (χ1) is 12.6. The molecule has 1 aliphatic rings. The largest absolute Gasteiger partial charge is 0.368 e. The number of anilines is 1. The number of carbonyl (C=O) groups excluding carboxylic acids is 2. The predicted octanol–water partition coefficient (Wildman–Crippen LogP) is 1.67. The summed E-state index contributed by atoms with van der Waals surface area (Å²) in [6, 6.07) is 7.19. The number of nitrogens with zero attached hydrogens (tertiary/aromatic N) is 2. The van der Waals surface area contributed by atoms with Gasteiger partial charge in [0.15, 0.2) is 12.4 Å². The number of amides is 2. The van der Waals surface area contributed by atoms with E-state index in [9.17, 15) is 9.59 Å². The molecule has 2 aromatic heterocycles. The maximum absolute atomic E-state index is 13.0. The van der Waals surface area contributed by atoms with E-state index in [1.165, 1.54) is 11.3 Å². The van der Waals surface area contributed by atoms with Gasteiger partial charge in [0.05, 0.1) is 4.88 Å². The summed E-state index contributed by atoms with van der Waals surface area (Å²) in [5, 5.41) is 4.78. The van der Waals surface area contributed by atoms with Crippen molar-refractivity contribution in [3.8, 4) is 0 Å². The van der Waals surface area contributed by atoms with Crippen LogP contribution in [0.4, 0.5) is 5.69 Å². The molecule has 0 radical (unpaired) electrons. The second kappa shape index (κ2) is 8.31. The van der Waals surface area contributed by atoms with Crippen LogP contribution in [0.15, 0.2) is 42.0 Å². The van der Waals surface area contributed by atoms with E-state index in [-0.39, 0.29) is 17.7 Å². The molecule has 26 heavy (non-hydrogen) atoms. The molecule has 2 amide bonds. The SMILES string of the molecule is CC(C)[C@H](NC(=O)c1cccs1)C(=O)N1CCN(c2cc[nH+]cc2)CC1. The Labute approximate surface area is 157 Å². The molecule has 0 aromatic carbocycles. The topological polar surface area (TPSA) is 66.8 Å². The summed E-state index contributed by atoms with van der Waals surface area (Å²) >= 11 is 1.38. The molecule has 0 unspecified atom stereocenters. The van der Waals surface area contributed by atoms with Gasteiger partial charge >= 0.3 is 0 Å². The highest BCUT2D eigenvalue weighted by molar-refractivity contribution is 7.12. The minimum Gasteiger partial charge on any atom is -0.368 e. The highest BCUT2D eigenvalue weighted by Crippen LogP contribution is 2.16. The number of nitrogens with one attached hydrogen (secondary N) is 2. The Bertz CT molecular complexity index is 725. The third-order valence-corrected chi connectivity index (χ3v) is 5.49. The Balaban J connectivity index is 1.60. The average Bonchev–Trinajstić information content (AvgIpc) is 3.21. The minimum atomic E-state index is -0.498. The molecule has 0 bridgehead atoms. The van der Waals surface area contributed by atoms with E-state index in [0.717, 1.165) is 18.8 Å². The number of hydrogen-bond donors (Lipinski definition) is 1. The van der Waals surface area contributed by atoms with Crippen molar-refractivity contribution in [2.75, 3.05) is 31.1 Å². The van der Waals surface area contributed by atoms with E-state index in [1.807, 2.05) is 54.7 Å². The summed E-state index contributed by atoms with van der Waals surface area (Å²) in [6.45, 7) is 6.84. The van der Waals surface area contributed by atoms with Gasteiger partial charge in [0, 0.05) is 44.0 Å². The van der Waals surface area contributed by atoms with Crippen LogP contribution >= 0.6 is 11.3 Å². The third-order valence-electron chi connectivity index (χ3n) is 4.62. The zero-order chi connectivity index (χ0) is 18.5. The second-order valence-corrected chi connectivity index (χ2v) is 7.69. The van der Waals surface area contributed by atoms with E-state index >= 15 is 0 Å². The number of piperazine rings is 1. The lowest BCUT2D eigenvalue weighted by atomic mass is 10.0. The van der Waals surface area contributed by atoms with Crippen molar-refractivity contribution in [2.45, 2.75) is 19.9 Å². The van der Waals surface area contributed by atoms with E-state index < -0.39 is 6.04 Å². The average molecular weight is 374 g/mol. The predicted molar refractivity (Wildman–Crippen MR) is 102 cm³/mol. The lowest BCUT2D eigenvalue weighted by Crippen LogP contribution is -2.56. The first-order valence-corrected chi connectivity index (χ1v) is 9.78. The number of rotatable bonds is 5. The van der Waals surface area contributed by atoms with Crippen molar-refractivity contribution >= 4 is 28.8 Å². The minimum absolute atomic E-state index is 0.00551. The molecule has 1 aliphatic heterocycles. The number of aromatic nitrogens is 1. The lowest BCUT2D eigenvalue weighted by molar-refractivity contribution is -0.377. The van der Waals surface area contributed by atoms with Gasteiger partial charge in [0.2, 0.25) is 5.91 Å². The maximum atomic E-state index is 13.0. The highest BCUT2D eigenvalue weighted by Gasteiger charge is 2.31. The van der Waals surface area contributed by atoms with Crippen molar-refractivity contribution in [3.63, 3.8) is 0 Å². The van der Waals surface area contributed by atoms with Crippen molar-refractivity contribution in [2.24, 2.45) is 5.92 Å². The summed E-state index contributed by atoms with van der Waals surface area (Å²) in [6.07, 6.45) is 3.81. The fraction of sp³-hybridized carbons (Fsp3) is 0.421. The number of hydrogen-bond acceptors (Lipinski definition) is 4. The molecule has 1 atom stereocenters. The smallest absolute Gasteiger partial charge is 0.262 e. The van der Waals surface area contributed by atoms with E-state index in [2.05, 4.69) is 15.2 Å². The second-order valence-electron chi connectivity index (χ2n) is 6.74. The summed E-state index contributed by atoms with van der Waals surface area (Å²) in [5.74, 6) is -0.133. The normalized spacial score (nSPS) is 15.8. The number of thiophene rings is 1.